The van der Waals surface area contributed by atoms with Crippen LogP contribution in [0, 0.1) is 0 Å². The van der Waals surface area contributed by atoms with Gasteiger partial charge >= 0.3 is 0 Å². The minimum absolute atomic E-state index is 0.0665. The van der Waals surface area contributed by atoms with E-state index in [-0.39, 0.29) is 18.1 Å². The Balaban J connectivity index is 2.29. The lowest BCUT2D eigenvalue weighted by Crippen LogP contribution is -2.40. The molecule has 1 heterocycles. The van der Waals surface area contributed by atoms with Gasteiger partial charge in [-0.05, 0) is 33.7 Å². The van der Waals surface area contributed by atoms with Crippen LogP contribution in [0.5, 0.6) is 0 Å². The fourth-order valence-electron chi connectivity index (χ4n) is 2.29. The minimum Gasteiger partial charge on any atom is -0.395 e. The van der Waals surface area contributed by atoms with Crippen molar-refractivity contribution in [3.63, 3.8) is 0 Å². The zero-order valence-corrected chi connectivity index (χ0v) is 12.6. The summed E-state index contributed by atoms with van der Waals surface area (Å²) in [6, 6.07) is 0. The van der Waals surface area contributed by atoms with Crippen LogP contribution in [0.1, 0.15) is 33.6 Å². The molecule has 0 bridgehead atoms. The van der Waals surface area contributed by atoms with Gasteiger partial charge in [0.15, 0.2) is 0 Å². The molecule has 0 unspecified atom stereocenters. The monoisotopic (exact) mass is 271 g/mol. The summed E-state index contributed by atoms with van der Waals surface area (Å²) in [5, 5.41) is 12.3. The SMILES string of the molecule is CC(C)(C)NCCC(=O)N1CCCN(CCO)CC1. The molecule has 0 saturated carbocycles. The van der Waals surface area contributed by atoms with Crippen molar-refractivity contribution in [3.8, 4) is 0 Å². The number of amides is 1. The average molecular weight is 271 g/mol. The Morgan fingerprint density at radius 3 is 2.58 bits per heavy atom. The molecule has 5 heteroatoms. The molecule has 0 aliphatic carbocycles. The summed E-state index contributed by atoms with van der Waals surface area (Å²) < 4.78 is 0. The highest BCUT2D eigenvalue weighted by Crippen LogP contribution is 2.05. The fourth-order valence-corrected chi connectivity index (χ4v) is 2.29. The lowest BCUT2D eigenvalue weighted by molar-refractivity contribution is -0.131. The number of aliphatic hydroxyl groups excluding tert-OH is 1. The number of carbonyl (C=O) groups excluding carboxylic acids is 1. The Labute approximate surface area is 117 Å². The van der Waals surface area contributed by atoms with E-state index in [9.17, 15) is 4.79 Å². The Kier molecular flexibility index (Phi) is 6.75. The molecule has 1 saturated heterocycles. The number of nitrogens with one attached hydrogen (secondary N) is 1. The second kappa shape index (κ2) is 7.82. The quantitative estimate of drug-likeness (QED) is 0.755. The molecule has 0 aromatic rings. The zero-order valence-electron chi connectivity index (χ0n) is 12.6. The molecular formula is C14H29N3O2. The van der Waals surface area contributed by atoms with E-state index in [4.69, 9.17) is 5.11 Å². The predicted octanol–water partition coefficient (Wildman–Crippen LogP) is 0.291. The normalized spacial score (nSPS) is 18.4. The maximum Gasteiger partial charge on any atom is 0.223 e. The van der Waals surface area contributed by atoms with Crippen LogP contribution >= 0.6 is 0 Å². The van der Waals surface area contributed by atoms with E-state index in [1.54, 1.807) is 0 Å². The summed E-state index contributed by atoms with van der Waals surface area (Å²) in [5.74, 6) is 0.239. The topological polar surface area (TPSA) is 55.8 Å². The van der Waals surface area contributed by atoms with E-state index in [2.05, 4.69) is 31.0 Å². The molecular weight excluding hydrogens is 242 g/mol. The summed E-state index contributed by atoms with van der Waals surface area (Å²) in [6.45, 7) is 11.5. The van der Waals surface area contributed by atoms with Crippen LogP contribution in [0.3, 0.4) is 0 Å². The third-order valence-electron chi connectivity index (χ3n) is 3.35. The second-order valence-electron chi connectivity index (χ2n) is 6.23. The first-order chi connectivity index (χ1) is 8.92. The van der Waals surface area contributed by atoms with Crippen LogP contribution in [-0.4, -0.2) is 72.2 Å². The standard InChI is InChI=1S/C14H29N3O2/c1-14(2,3)15-6-5-13(19)17-8-4-7-16(9-10-17)11-12-18/h15,18H,4-12H2,1-3H3. The first-order valence-corrected chi connectivity index (χ1v) is 7.28. The van der Waals surface area contributed by atoms with Gasteiger partial charge in [-0.15, -0.1) is 0 Å². The Hall–Kier alpha value is -0.650. The van der Waals surface area contributed by atoms with Crippen LogP contribution < -0.4 is 5.32 Å². The van der Waals surface area contributed by atoms with E-state index in [0.29, 0.717) is 13.0 Å². The molecule has 19 heavy (non-hydrogen) atoms. The van der Waals surface area contributed by atoms with Gasteiger partial charge in [0, 0.05) is 44.7 Å². The van der Waals surface area contributed by atoms with Gasteiger partial charge < -0.3 is 15.3 Å². The third kappa shape index (κ3) is 6.89. The van der Waals surface area contributed by atoms with Crippen molar-refractivity contribution < 1.29 is 9.90 Å². The van der Waals surface area contributed by atoms with Crippen LogP contribution in [-0.2, 0) is 4.79 Å². The van der Waals surface area contributed by atoms with Crippen molar-refractivity contribution >= 4 is 5.91 Å². The lowest BCUT2D eigenvalue weighted by Gasteiger charge is -2.24. The van der Waals surface area contributed by atoms with Gasteiger partial charge in [0.2, 0.25) is 5.91 Å². The summed E-state index contributed by atoms with van der Waals surface area (Å²) in [6.07, 6.45) is 1.57. The molecule has 0 aromatic carbocycles. The van der Waals surface area contributed by atoms with Crippen LogP contribution in [0.15, 0.2) is 0 Å². The van der Waals surface area contributed by atoms with Crippen molar-refractivity contribution in [2.45, 2.75) is 39.2 Å². The molecule has 1 aliphatic heterocycles. The first kappa shape index (κ1) is 16.4. The number of hydrogen-bond donors (Lipinski definition) is 2. The van der Waals surface area contributed by atoms with E-state index in [1.165, 1.54) is 0 Å². The summed E-state index contributed by atoms with van der Waals surface area (Å²) in [5.41, 5.74) is 0.0665. The van der Waals surface area contributed by atoms with Crippen LogP contribution in [0.2, 0.25) is 0 Å². The molecule has 0 spiro atoms. The molecule has 1 rings (SSSR count). The molecule has 0 aromatic heterocycles. The highest BCUT2D eigenvalue weighted by Gasteiger charge is 2.19. The highest BCUT2D eigenvalue weighted by molar-refractivity contribution is 5.76. The molecule has 2 N–H and O–H groups in total. The first-order valence-electron chi connectivity index (χ1n) is 7.28. The summed E-state index contributed by atoms with van der Waals surface area (Å²) >= 11 is 0. The molecule has 0 atom stereocenters. The van der Waals surface area contributed by atoms with E-state index >= 15 is 0 Å². The molecule has 5 nitrogen and oxygen atoms in total. The van der Waals surface area contributed by atoms with Crippen molar-refractivity contribution in [2.24, 2.45) is 0 Å². The van der Waals surface area contributed by atoms with Gasteiger partial charge in [-0.25, -0.2) is 0 Å². The van der Waals surface area contributed by atoms with Crippen molar-refractivity contribution in [1.29, 1.82) is 0 Å². The largest absolute Gasteiger partial charge is 0.395 e. The van der Waals surface area contributed by atoms with E-state index < -0.39 is 0 Å². The summed E-state index contributed by atoms with van der Waals surface area (Å²) in [7, 11) is 0. The van der Waals surface area contributed by atoms with E-state index in [0.717, 1.165) is 39.1 Å². The Bertz CT molecular complexity index is 276. The van der Waals surface area contributed by atoms with Gasteiger partial charge in [-0.2, -0.15) is 0 Å². The molecule has 1 amide bonds. The number of aliphatic hydroxyl groups is 1. The number of rotatable bonds is 5. The van der Waals surface area contributed by atoms with Crippen molar-refractivity contribution in [1.82, 2.24) is 15.1 Å². The van der Waals surface area contributed by atoms with Crippen molar-refractivity contribution in [2.75, 3.05) is 45.9 Å². The Morgan fingerprint density at radius 1 is 1.21 bits per heavy atom. The summed E-state index contributed by atoms with van der Waals surface area (Å²) in [4.78, 5) is 16.3. The number of β-amino-alcohol motifs (C(OH)–C–C–N with tert-alkyl or cyclic N) is 1. The molecule has 112 valence electrons. The van der Waals surface area contributed by atoms with Gasteiger partial charge in [0.05, 0.1) is 6.61 Å². The number of nitrogens with zero attached hydrogens (tertiary/aromatic N) is 2. The van der Waals surface area contributed by atoms with Crippen molar-refractivity contribution in [3.05, 3.63) is 0 Å². The maximum atomic E-state index is 12.1. The number of hydrogen-bond acceptors (Lipinski definition) is 4. The van der Waals surface area contributed by atoms with Gasteiger partial charge in [-0.1, -0.05) is 0 Å². The predicted molar refractivity (Wildman–Crippen MR) is 77.1 cm³/mol. The number of carbonyl (C=O) groups is 1. The maximum absolute atomic E-state index is 12.1. The highest BCUT2D eigenvalue weighted by atomic mass is 16.3. The Morgan fingerprint density at radius 2 is 1.95 bits per heavy atom. The molecule has 1 fully saturated rings. The minimum atomic E-state index is 0.0665. The van der Waals surface area contributed by atoms with Crippen LogP contribution in [0.4, 0.5) is 0 Å². The smallest absolute Gasteiger partial charge is 0.223 e. The fraction of sp³-hybridized carbons (Fsp3) is 0.929. The lowest BCUT2D eigenvalue weighted by atomic mass is 10.1. The van der Waals surface area contributed by atoms with Gasteiger partial charge in [0.1, 0.15) is 0 Å². The molecule has 0 radical (unpaired) electrons. The third-order valence-corrected chi connectivity index (χ3v) is 3.35. The second-order valence-corrected chi connectivity index (χ2v) is 6.23. The molecule has 1 aliphatic rings. The van der Waals surface area contributed by atoms with Gasteiger partial charge in [0.25, 0.3) is 0 Å². The van der Waals surface area contributed by atoms with Crippen LogP contribution in [0.25, 0.3) is 0 Å². The van der Waals surface area contributed by atoms with E-state index in [1.807, 2.05) is 4.90 Å². The zero-order chi connectivity index (χ0) is 14.3. The average Bonchev–Trinajstić information content (AvgIpc) is 2.53. The van der Waals surface area contributed by atoms with Gasteiger partial charge in [-0.3, -0.25) is 9.69 Å².